The number of halogens is 1. The summed E-state index contributed by atoms with van der Waals surface area (Å²) in [4.78, 5) is 25.4. The van der Waals surface area contributed by atoms with Gasteiger partial charge in [0.2, 0.25) is 11.8 Å². The van der Waals surface area contributed by atoms with E-state index in [2.05, 4.69) is 5.32 Å². The van der Waals surface area contributed by atoms with Gasteiger partial charge in [0, 0.05) is 25.4 Å². The Balaban J connectivity index is 1.89. The van der Waals surface area contributed by atoms with Gasteiger partial charge < -0.3 is 10.2 Å². The molecule has 0 bridgehead atoms. The molecule has 1 aliphatic heterocycles. The Kier molecular flexibility index (Phi) is 4.71. The van der Waals surface area contributed by atoms with Gasteiger partial charge >= 0.3 is 0 Å². The normalized spacial score (nSPS) is 16.0. The molecule has 0 atom stereocenters. The molecule has 2 amide bonds. The van der Waals surface area contributed by atoms with Crippen LogP contribution in [0.1, 0.15) is 26.2 Å². The van der Waals surface area contributed by atoms with Crippen molar-refractivity contribution in [3.8, 4) is 0 Å². The molecule has 0 aliphatic carbocycles. The number of hydrogen-bond acceptors (Lipinski definition) is 2. The van der Waals surface area contributed by atoms with E-state index in [1.807, 2.05) is 6.92 Å². The maximum absolute atomic E-state index is 13.5. The summed E-state index contributed by atoms with van der Waals surface area (Å²) in [6, 6.07) is 6.13. The SMILES string of the molecule is CCC(=O)N1CCC(C(=O)Nc2ccccc2F)CC1. The Bertz CT molecular complexity index is 496. The molecular weight excluding hydrogens is 259 g/mol. The number of nitrogens with zero attached hydrogens (tertiary/aromatic N) is 1. The zero-order chi connectivity index (χ0) is 14.5. The highest BCUT2D eigenvalue weighted by molar-refractivity contribution is 5.92. The van der Waals surface area contributed by atoms with Crippen molar-refractivity contribution in [1.82, 2.24) is 4.90 Å². The predicted molar refractivity (Wildman–Crippen MR) is 74.6 cm³/mol. The molecular formula is C15H19FN2O2. The van der Waals surface area contributed by atoms with Crippen molar-refractivity contribution in [3.63, 3.8) is 0 Å². The first-order valence-electron chi connectivity index (χ1n) is 6.95. The lowest BCUT2D eigenvalue weighted by Crippen LogP contribution is -2.41. The average Bonchev–Trinajstić information content (AvgIpc) is 2.49. The van der Waals surface area contributed by atoms with Gasteiger partial charge in [-0.05, 0) is 25.0 Å². The van der Waals surface area contributed by atoms with Gasteiger partial charge in [0.1, 0.15) is 5.82 Å². The van der Waals surface area contributed by atoms with Gasteiger partial charge in [-0.1, -0.05) is 19.1 Å². The molecule has 0 aromatic heterocycles. The second-order valence-electron chi connectivity index (χ2n) is 4.98. The molecule has 0 unspecified atom stereocenters. The third-order valence-electron chi connectivity index (χ3n) is 3.65. The number of nitrogens with one attached hydrogen (secondary N) is 1. The lowest BCUT2D eigenvalue weighted by atomic mass is 9.95. The molecule has 0 radical (unpaired) electrons. The summed E-state index contributed by atoms with van der Waals surface area (Å²) in [7, 11) is 0. The number of carbonyl (C=O) groups excluding carboxylic acids is 2. The Morgan fingerprint density at radius 3 is 2.55 bits per heavy atom. The molecule has 1 heterocycles. The lowest BCUT2D eigenvalue weighted by molar-refractivity contribution is -0.134. The van der Waals surface area contributed by atoms with Gasteiger partial charge in [-0.3, -0.25) is 9.59 Å². The van der Waals surface area contributed by atoms with Crippen LogP contribution in [0.3, 0.4) is 0 Å². The molecule has 5 heteroatoms. The Morgan fingerprint density at radius 1 is 1.30 bits per heavy atom. The number of likely N-dealkylation sites (tertiary alicyclic amines) is 1. The molecule has 1 N–H and O–H groups in total. The highest BCUT2D eigenvalue weighted by atomic mass is 19.1. The van der Waals surface area contributed by atoms with Crippen LogP contribution in [-0.2, 0) is 9.59 Å². The van der Waals surface area contributed by atoms with Crippen LogP contribution in [0.4, 0.5) is 10.1 Å². The summed E-state index contributed by atoms with van der Waals surface area (Å²) < 4.78 is 13.5. The number of rotatable bonds is 3. The first kappa shape index (κ1) is 14.5. The maximum atomic E-state index is 13.5. The van der Waals surface area contributed by atoms with E-state index >= 15 is 0 Å². The fourth-order valence-corrected chi connectivity index (χ4v) is 2.41. The Hall–Kier alpha value is -1.91. The van der Waals surface area contributed by atoms with E-state index in [0.29, 0.717) is 32.4 Å². The number of anilines is 1. The van der Waals surface area contributed by atoms with E-state index in [0.717, 1.165) is 0 Å². The van der Waals surface area contributed by atoms with E-state index in [9.17, 15) is 14.0 Å². The summed E-state index contributed by atoms with van der Waals surface area (Å²) in [6.07, 6.45) is 1.75. The number of carbonyl (C=O) groups is 2. The topological polar surface area (TPSA) is 49.4 Å². The maximum Gasteiger partial charge on any atom is 0.227 e. The number of amides is 2. The van der Waals surface area contributed by atoms with Crippen molar-refractivity contribution in [3.05, 3.63) is 30.1 Å². The number of para-hydroxylation sites is 1. The summed E-state index contributed by atoms with van der Waals surface area (Å²) >= 11 is 0. The van der Waals surface area contributed by atoms with Gasteiger partial charge in [0.15, 0.2) is 0 Å². The molecule has 1 fully saturated rings. The fourth-order valence-electron chi connectivity index (χ4n) is 2.41. The van der Waals surface area contributed by atoms with Crippen molar-refractivity contribution in [2.45, 2.75) is 26.2 Å². The van der Waals surface area contributed by atoms with Gasteiger partial charge in [-0.15, -0.1) is 0 Å². The van der Waals surface area contributed by atoms with Crippen LogP contribution in [-0.4, -0.2) is 29.8 Å². The molecule has 1 saturated heterocycles. The van der Waals surface area contributed by atoms with E-state index < -0.39 is 5.82 Å². The van der Waals surface area contributed by atoms with Crippen LogP contribution in [0.15, 0.2) is 24.3 Å². The van der Waals surface area contributed by atoms with Crippen LogP contribution in [0.25, 0.3) is 0 Å². The highest BCUT2D eigenvalue weighted by Crippen LogP contribution is 2.21. The summed E-state index contributed by atoms with van der Waals surface area (Å²) in [6.45, 7) is 3.03. The molecule has 0 spiro atoms. The highest BCUT2D eigenvalue weighted by Gasteiger charge is 2.27. The van der Waals surface area contributed by atoms with E-state index in [-0.39, 0.29) is 23.4 Å². The van der Waals surface area contributed by atoms with Crippen molar-refractivity contribution in [2.75, 3.05) is 18.4 Å². The van der Waals surface area contributed by atoms with E-state index in [1.165, 1.54) is 6.07 Å². The zero-order valence-electron chi connectivity index (χ0n) is 11.6. The monoisotopic (exact) mass is 278 g/mol. The molecule has 1 aromatic rings. The molecule has 2 rings (SSSR count). The van der Waals surface area contributed by atoms with Crippen LogP contribution in [0, 0.1) is 11.7 Å². The molecule has 1 aliphatic rings. The van der Waals surface area contributed by atoms with Crippen LogP contribution in [0.2, 0.25) is 0 Å². The van der Waals surface area contributed by atoms with Gasteiger partial charge in [0.05, 0.1) is 5.69 Å². The Morgan fingerprint density at radius 2 is 1.95 bits per heavy atom. The van der Waals surface area contributed by atoms with Gasteiger partial charge in [-0.25, -0.2) is 4.39 Å². The van der Waals surface area contributed by atoms with Crippen LogP contribution < -0.4 is 5.32 Å². The number of piperidine rings is 1. The first-order chi connectivity index (χ1) is 9.61. The van der Waals surface area contributed by atoms with E-state index in [4.69, 9.17) is 0 Å². The van der Waals surface area contributed by atoms with Gasteiger partial charge in [-0.2, -0.15) is 0 Å². The third kappa shape index (κ3) is 3.35. The smallest absolute Gasteiger partial charge is 0.227 e. The summed E-state index contributed by atoms with van der Waals surface area (Å²) in [5.74, 6) is -0.633. The quantitative estimate of drug-likeness (QED) is 0.923. The second-order valence-corrected chi connectivity index (χ2v) is 4.98. The minimum absolute atomic E-state index is 0.123. The summed E-state index contributed by atoms with van der Waals surface area (Å²) in [5.41, 5.74) is 0.213. The van der Waals surface area contributed by atoms with E-state index in [1.54, 1.807) is 23.1 Å². The molecule has 4 nitrogen and oxygen atoms in total. The molecule has 108 valence electrons. The summed E-state index contributed by atoms with van der Waals surface area (Å²) in [5, 5.41) is 2.62. The van der Waals surface area contributed by atoms with Crippen molar-refractivity contribution in [1.29, 1.82) is 0 Å². The predicted octanol–water partition coefficient (Wildman–Crippen LogP) is 2.41. The fraction of sp³-hybridized carbons (Fsp3) is 0.467. The van der Waals surface area contributed by atoms with Crippen LogP contribution >= 0.6 is 0 Å². The van der Waals surface area contributed by atoms with Crippen LogP contribution in [0.5, 0.6) is 0 Å². The van der Waals surface area contributed by atoms with Crippen molar-refractivity contribution < 1.29 is 14.0 Å². The largest absolute Gasteiger partial charge is 0.343 e. The zero-order valence-corrected chi connectivity index (χ0v) is 11.6. The molecule has 20 heavy (non-hydrogen) atoms. The van der Waals surface area contributed by atoms with Crippen molar-refractivity contribution >= 4 is 17.5 Å². The van der Waals surface area contributed by atoms with Gasteiger partial charge in [0.25, 0.3) is 0 Å². The standard InChI is InChI=1S/C15H19FN2O2/c1-2-14(19)18-9-7-11(8-10-18)15(20)17-13-6-4-3-5-12(13)16/h3-6,11H,2,7-10H2,1H3,(H,17,20). The minimum atomic E-state index is -0.431. The number of benzene rings is 1. The number of hydrogen-bond donors (Lipinski definition) is 1. The Labute approximate surface area is 118 Å². The molecule has 0 saturated carbocycles. The second kappa shape index (κ2) is 6.50. The average molecular weight is 278 g/mol. The molecule has 1 aromatic carbocycles. The van der Waals surface area contributed by atoms with Crippen molar-refractivity contribution in [2.24, 2.45) is 5.92 Å². The minimum Gasteiger partial charge on any atom is -0.343 e. The first-order valence-corrected chi connectivity index (χ1v) is 6.95. The third-order valence-corrected chi connectivity index (χ3v) is 3.65. The lowest BCUT2D eigenvalue weighted by Gasteiger charge is -2.31.